The van der Waals surface area contributed by atoms with Gasteiger partial charge >= 0.3 is 0 Å². The second kappa shape index (κ2) is 9.73. The molecular weight excluding hydrogens is 376 g/mol. The topological polar surface area (TPSA) is 59.8 Å². The van der Waals surface area contributed by atoms with Gasteiger partial charge in [0.2, 0.25) is 5.91 Å². The third-order valence-electron chi connectivity index (χ3n) is 5.31. The van der Waals surface area contributed by atoms with Crippen molar-refractivity contribution < 1.29 is 4.79 Å². The van der Waals surface area contributed by atoms with Gasteiger partial charge in [0.05, 0.1) is 5.75 Å². The molecule has 7 heteroatoms. The summed E-state index contributed by atoms with van der Waals surface area (Å²) in [7, 11) is 0. The maximum Gasteiger partial charge on any atom is 0.230 e. The van der Waals surface area contributed by atoms with E-state index in [1.165, 1.54) is 48.7 Å². The highest BCUT2D eigenvalue weighted by Crippen LogP contribution is 2.33. The van der Waals surface area contributed by atoms with Gasteiger partial charge in [0.15, 0.2) is 5.16 Å². The number of carbonyl (C=O) groups excluding carboxylic acids is 1. The van der Waals surface area contributed by atoms with Crippen molar-refractivity contribution in [2.45, 2.75) is 76.5 Å². The Hall–Kier alpha value is -1.34. The van der Waals surface area contributed by atoms with Crippen molar-refractivity contribution in [3.8, 4) is 0 Å². The highest BCUT2D eigenvalue weighted by Gasteiger charge is 2.24. The fraction of sp³-hybridized carbons (Fsp3) is 0.650. The fourth-order valence-corrected chi connectivity index (χ4v) is 4.93. The normalized spacial score (nSPS) is 16.6. The molecule has 27 heavy (non-hydrogen) atoms. The molecule has 2 aromatic rings. The van der Waals surface area contributed by atoms with E-state index >= 15 is 0 Å². The lowest BCUT2D eigenvalue weighted by Crippen LogP contribution is -2.37. The summed E-state index contributed by atoms with van der Waals surface area (Å²) in [6, 6.07) is 4.88. The van der Waals surface area contributed by atoms with E-state index in [-0.39, 0.29) is 11.9 Å². The Morgan fingerprint density at radius 2 is 2.07 bits per heavy atom. The number of hydrogen-bond acceptors (Lipinski definition) is 5. The van der Waals surface area contributed by atoms with E-state index in [9.17, 15) is 4.79 Å². The Kier molecular flexibility index (Phi) is 7.35. The molecule has 0 saturated heterocycles. The molecule has 148 valence electrons. The van der Waals surface area contributed by atoms with Crippen LogP contribution in [0.1, 0.15) is 69.6 Å². The molecule has 2 heterocycles. The van der Waals surface area contributed by atoms with Gasteiger partial charge < -0.3 is 9.88 Å². The summed E-state index contributed by atoms with van der Waals surface area (Å²) in [6.45, 7) is 6.29. The Morgan fingerprint density at radius 3 is 2.74 bits per heavy atom. The number of aromatic nitrogens is 3. The summed E-state index contributed by atoms with van der Waals surface area (Å²) in [5.41, 5.74) is 0. The van der Waals surface area contributed by atoms with Gasteiger partial charge in [-0.25, -0.2) is 0 Å². The Labute approximate surface area is 170 Å². The maximum atomic E-state index is 12.3. The standard InChI is InChI=1S/C20H30N4OS2/c1-14(2)15(3)21-19(25)13-27-20-23-22-18(12-17-10-7-11-26-17)24(20)16-8-5-4-6-9-16/h7,10-11,14-16H,4-6,8-9,12-13H2,1-3H3,(H,21,25). The molecule has 0 aliphatic heterocycles. The zero-order valence-corrected chi connectivity index (χ0v) is 18.1. The van der Waals surface area contributed by atoms with E-state index in [0.29, 0.717) is 17.7 Å². The summed E-state index contributed by atoms with van der Waals surface area (Å²) in [4.78, 5) is 13.6. The van der Waals surface area contributed by atoms with E-state index in [1.807, 2.05) is 0 Å². The Morgan fingerprint density at radius 1 is 1.30 bits per heavy atom. The average Bonchev–Trinajstić information content (AvgIpc) is 3.31. The fourth-order valence-electron chi connectivity index (χ4n) is 3.39. The van der Waals surface area contributed by atoms with Gasteiger partial charge in [0.1, 0.15) is 5.82 Å². The van der Waals surface area contributed by atoms with Crippen LogP contribution in [0.2, 0.25) is 0 Å². The van der Waals surface area contributed by atoms with Crippen molar-refractivity contribution in [1.82, 2.24) is 20.1 Å². The Balaban J connectivity index is 1.71. The summed E-state index contributed by atoms with van der Waals surface area (Å²) in [5, 5.41) is 15.0. The smallest absolute Gasteiger partial charge is 0.230 e. The molecule has 0 aromatic carbocycles. The third-order valence-corrected chi connectivity index (χ3v) is 7.13. The minimum Gasteiger partial charge on any atom is -0.353 e. The van der Waals surface area contributed by atoms with Crippen LogP contribution in [-0.2, 0) is 11.2 Å². The highest BCUT2D eigenvalue weighted by molar-refractivity contribution is 7.99. The summed E-state index contributed by atoms with van der Waals surface area (Å²) >= 11 is 3.27. The predicted molar refractivity (Wildman–Crippen MR) is 112 cm³/mol. The first kappa shape index (κ1) is 20.4. The maximum absolute atomic E-state index is 12.3. The molecule has 1 aliphatic carbocycles. The number of thiophene rings is 1. The number of rotatable bonds is 8. The summed E-state index contributed by atoms with van der Waals surface area (Å²) in [5.74, 6) is 1.92. The molecule has 1 aliphatic rings. The molecule has 1 N–H and O–H groups in total. The SMILES string of the molecule is CC(C)C(C)NC(=O)CSc1nnc(Cc2cccs2)n1C1CCCCC1. The van der Waals surface area contributed by atoms with Crippen molar-refractivity contribution in [2.24, 2.45) is 5.92 Å². The summed E-state index contributed by atoms with van der Waals surface area (Å²) in [6.07, 6.45) is 7.02. The zero-order chi connectivity index (χ0) is 19.2. The molecule has 1 atom stereocenters. The molecule has 0 bridgehead atoms. The highest BCUT2D eigenvalue weighted by atomic mass is 32.2. The minimum absolute atomic E-state index is 0.0687. The molecule has 2 aromatic heterocycles. The second-order valence-corrected chi connectivity index (χ2v) is 9.68. The van der Waals surface area contributed by atoms with Gasteiger partial charge in [0.25, 0.3) is 0 Å². The van der Waals surface area contributed by atoms with Crippen molar-refractivity contribution in [3.05, 3.63) is 28.2 Å². The molecule has 1 unspecified atom stereocenters. The quantitative estimate of drug-likeness (QED) is 0.646. The van der Waals surface area contributed by atoms with Crippen LogP contribution in [0.4, 0.5) is 0 Å². The van der Waals surface area contributed by atoms with E-state index in [1.54, 1.807) is 11.3 Å². The summed E-state index contributed by atoms with van der Waals surface area (Å²) < 4.78 is 2.32. The van der Waals surface area contributed by atoms with Crippen molar-refractivity contribution in [1.29, 1.82) is 0 Å². The minimum atomic E-state index is 0.0687. The van der Waals surface area contributed by atoms with Crippen LogP contribution in [0, 0.1) is 5.92 Å². The number of nitrogens with zero attached hydrogens (tertiary/aromatic N) is 3. The first-order valence-electron chi connectivity index (χ1n) is 9.93. The lowest BCUT2D eigenvalue weighted by molar-refractivity contribution is -0.119. The van der Waals surface area contributed by atoms with Crippen molar-refractivity contribution in [2.75, 3.05) is 5.75 Å². The van der Waals surface area contributed by atoms with Gasteiger partial charge in [-0.3, -0.25) is 4.79 Å². The van der Waals surface area contributed by atoms with E-state index in [4.69, 9.17) is 0 Å². The van der Waals surface area contributed by atoms with Crippen LogP contribution in [-0.4, -0.2) is 32.5 Å². The van der Waals surface area contributed by atoms with Gasteiger partial charge in [-0.1, -0.05) is 50.9 Å². The third kappa shape index (κ3) is 5.57. The zero-order valence-electron chi connectivity index (χ0n) is 16.5. The number of amides is 1. The largest absolute Gasteiger partial charge is 0.353 e. The van der Waals surface area contributed by atoms with Crippen LogP contribution < -0.4 is 5.32 Å². The monoisotopic (exact) mass is 406 g/mol. The molecule has 1 fully saturated rings. The molecule has 1 saturated carbocycles. The molecular formula is C20H30N4OS2. The van der Waals surface area contributed by atoms with Gasteiger partial charge in [-0.15, -0.1) is 21.5 Å². The molecule has 0 spiro atoms. The van der Waals surface area contributed by atoms with Crippen LogP contribution in [0.3, 0.4) is 0 Å². The number of hydrogen-bond donors (Lipinski definition) is 1. The molecule has 1 amide bonds. The lowest BCUT2D eigenvalue weighted by atomic mass is 9.95. The van der Waals surface area contributed by atoms with Crippen molar-refractivity contribution >= 4 is 29.0 Å². The molecule has 3 rings (SSSR count). The second-order valence-electron chi connectivity index (χ2n) is 7.71. The Bertz CT molecular complexity index is 720. The average molecular weight is 407 g/mol. The number of nitrogens with one attached hydrogen (secondary N) is 1. The van der Waals surface area contributed by atoms with Crippen LogP contribution in [0.15, 0.2) is 22.7 Å². The number of thioether (sulfide) groups is 1. The van der Waals surface area contributed by atoms with E-state index < -0.39 is 0 Å². The first-order chi connectivity index (χ1) is 13.0. The van der Waals surface area contributed by atoms with Crippen LogP contribution in [0.5, 0.6) is 0 Å². The van der Waals surface area contributed by atoms with E-state index in [0.717, 1.165) is 17.4 Å². The molecule has 0 radical (unpaired) electrons. The van der Waals surface area contributed by atoms with Crippen LogP contribution >= 0.6 is 23.1 Å². The van der Waals surface area contributed by atoms with Crippen LogP contribution in [0.25, 0.3) is 0 Å². The predicted octanol–water partition coefficient (Wildman–Crippen LogP) is 4.69. The first-order valence-corrected chi connectivity index (χ1v) is 11.8. The number of carbonyl (C=O) groups is 1. The van der Waals surface area contributed by atoms with Gasteiger partial charge in [-0.05, 0) is 37.1 Å². The van der Waals surface area contributed by atoms with Gasteiger partial charge in [0, 0.05) is 23.4 Å². The van der Waals surface area contributed by atoms with E-state index in [2.05, 4.69) is 58.4 Å². The lowest BCUT2D eigenvalue weighted by Gasteiger charge is -2.25. The molecule has 5 nitrogen and oxygen atoms in total. The van der Waals surface area contributed by atoms with Gasteiger partial charge in [-0.2, -0.15) is 0 Å². The van der Waals surface area contributed by atoms with Crippen molar-refractivity contribution in [3.63, 3.8) is 0 Å².